The largest absolute Gasteiger partial charge is 0.507 e. The first-order valence-electron chi connectivity index (χ1n) is 4.29. The van der Waals surface area contributed by atoms with Gasteiger partial charge in [0.2, 0.25) is 0 Å². The molecule has 14 heavy (non-hydrogen) atoms. The third kappa shape index (κ3) is 1.85. The van der Waals surface area contributed by atoms with Gasteiger partial charge in [0.25, 0.3) is 0 Å². The lowest BCUT2D eigenvalue weighted by molar-refractivity contribution is -0.147. The fourth-order valence-electron chi connectivity index (χ4n) is 1.25. The number of aliphatic hydroxyl groups is 1. The van der Waals surface area contributed by atoms with Crippen LogP contribution in [0.2, 0.25) is 0 Å². The van der Waals surface area contributed by atoms with Crippen LogP contribution < -0.4 is 0 Å². The number of aromatic hydroxyl groups is 1. The zero-order chi connectivity index (χ0) is 10.7. The highest BCUT2D eigenvalue weighted by molar-refractivity contribution is 5.75. The summed E-state index contributed by atoms with van der Waals surface area (Å²) in [6.45, 7) is 1.84. The second-order valence-corrected chi connectivity index (χ2v) is 2.95. The van der Waals surface area contributed by atoms with Crippen LogP contribution in [0.25, 0.3) is 0 Å². The number of aryl methyl sites for hydroxylation is 1. The maximum Gasteiger partial charge on any atom is 0.337 e. The van der Waals surface area contributed by atoms with E-state index in [2.05, 4.69) is 0 Å². The van der Waals surface area contributed by atoms with E-state index in [0.29, 0.717) is 12.0 Å². The lowest BCUT2D eigenvalue weighted by Crippen LogP contribution is -2.11. The summed E-state index contributed by atoms with van der Waals surface area (Å²) in [7, 11) is 0. The van der Waals surface area contributed by atoms with Crippen LogP contribution in [0.4, 0.5) is 0 Å². The van der Waals surface area contributed by atoms with E-state index in [9.17, 15) is 15.0 Å². The van der Waals surface area contributed by atoms with Crippen LogP contribution in [0.15, 0.2) is 18.2 Å². The van der Waals surface area contributed by atoms with E-state index in [1.807, 2.05) is 6.92 Å². The number of carbonyl (C=O) groups is 1. The Morgan fingerprint density at radius 1 is 1.50 bits per heavy atom. The molecule has 4 nitrogen and oxygen atoms in total. The second-order valence-electron chi connectivity index (χ2n) is 2.95. The van der Waals surface area contributed by atoms with Gasteiger partial charge in [-0.1, -0.05) is 25.1 Å². The van der Waals surface area contributed by atoms with Gasteiger partial charge in [-0.25, -0.2) is 4.79 Å². The van der Waals surface area contributed by atoms with Gasteiger partial charge in [0.1, 0.15) is 5.75 Å². The Bertz CT molecular complexity index is 346. The van der Waals surface area contributed by atoms with Crippen molar-refractivity contribution in [2.75, 3.05) is 0 Å². The van der Waals surface area contributed by atoms with Crippen molar-refractivity contribution in [1.29, 1.82) is 0 Å². The molecule has 0 aromatic heterocycles. The van der Waals surface area contributed by atoms with Gasteiger partial charge in [0, 0.05) is 5.56 Å². The normalized spacial score (nSPS) is 12.4. The van der Waals surface area contributed by atoms with Gasteiger partial charge in [0.15, 0.2) is 6.10 Å². The molecule has 1 atom stereocenters. The number of rotatable bonds is 3. The van der Waals surface area contributed by atoms with E-state index in [4.69, 9.17) is 5.11 Å². The molecule has 4 heteroatoms. The summed E-state index contributed by atoms with van der Waals surface area (Å²) in [6.07, 6.45) is -1.08. The molecule has 1 rings (SSSR count). The summed E-state index contributed by atoms with van der Waals surface area (Å²) in [6, 6.07) is 4.70. The number of para-hydroxylation sites is 1. The third-order valence-electron chi connectivity index (χ3n) is 2.06. The van der Waals surface area contributed by atoms with Crippen LogP contribution in [0.3, 0.4) is 0 Å². The highest BCUT2D eigenvalue weighted by atomic mass is 16.4. The number of benzene rings is 1. The minimum Gasteiger partial charge on any atom is -0.507 e. The summed E-state index contributed by atoms with van der Waals surface area (Å²) in [5, 5.41) is 27.4. The van der Waals surface area contributed by atoms with Crippen molar-refractivity contribution < 1.29 is 20.1 Å². The topological polar surface area (TPSA) is 77.8 Å². The van der Waals surface area contributed by atoms with Gasteiger partial charge in [0.05, 0.1) is 0 Å². The molecule has 0 radical (unpaired) electrons. The molecule has 0 fully saturated rings. The number of carboxylic acids is 1. The molecule has 0 aliphatic heterocycles. The van der Waals surface area contributed by atoms with Crippen molar-refractivity contribution >= 4 is 5.97 Å². The third-order valence-corrected chi connectivity index (χ3v) is 2.06. The molecular formula is C10H12O4. The van der Waals surface area contributed by atoms with Gasteiger partial charge >= 0.3 is 5.97 Å². The Kier molecular flexibility index (Phi) is 3.09. The van der Waals surface area contributed by atoms with E-state index >= 15 is 0 Å². The Hall–Kier alpha value is -1.55. The first-order valence-corrected chi connectivity index (χ1v) is 4.29. The minimum absolute atomic E-state index is 0.0388. The molecule has 0 bridgehead atoms. The standard InChI is InChI=1S/C10H12O4/c1-2-6-4-3-5-7(8(6)11)9(12)10(13)14/h3-5,9,11-12H,2H2,1H3,(H,13,14). The first-order chi connectivity index (χ1) is 6.57. The van der Waals surface area contributed by atoms with E-state index in [-0.39, 0.29) is 11.3 Å². The van der Waals surface area contributed by atoms with E-state index < -0.39 is 12.1 Å². The minimum atomic E-state index is -1.67. The molecule has 3 N–H and O–H groups in total. The predicted molar refractivity (Wildman–Crippen MR) is 50.1 cm³/mol. The highest BCUT2D eigenvalue weighted by Gasteiger charge is 2.20. The maximum atomic E-state index is 10.5. The van der Waals surface area contributed by atoms with Crippen molar-refractivity contribution in [3.05, 3.63) is 29.3 Å². The summed E-state index contributed by atoms with van der Waals surface area (Å²) < 4.78 is 0. The molecular weight excluding hydrogens is 184 g/mol. The Morgan fingerprint density at radius 2 is 2.14 bits per heavy atom. The number of hydrogen-bond acceptors (Lipinski definition) is 3. The van der Waals surface area contributed by atoms with Crippen molar-refractivity contribution in [2.24, 2.45) is 0 Å². The van der Waals surface area contributed by atoms with Gasteiger partial charge in [-0.2, -0.15) is 0 Å². The maximum absolute atomic E-state index is 10.5. The molecule has 1 aromatic rings. The molecule has 0 aliphatic carbocycles. The van der Waals surface area contributed by atoms with Crippen molar-refractivity contribution in [2.45, 2.75) is 19.4 Å². The van der Waals surface area contributed by atoms with Crippen LogP contribution in [-0.4, -0.2) is 21.3 Å². The second kappa shape index (κ2) is 4.11. The van der Waals surface area contributed by atoms with Gasteiger partial charge in [-0.15, -0.1) is 0 Å². The number of carboxylic acid groups (broad SMARTS) is 1. The van der Waals surface area contributed by atoms with Crippen molar-refractivity contribution in [3.8, 4) is 5.75 Å². The smallest absolute Gasteiger partial charge is 0.337 e. The van der Waals surface area contributed by atoms with Crippen molar-refractivity contribution in [3.63, 3.8) is 0 Å². The zero-order valence-corrected chi connectivity index (χ0v) is 7.77. The molecule has 1 aromatic carbocycles. The molecule has 76 valence electrons. The predicted octanol–water partition coefficient (Wildman–Crippen LogP) is 1.07. The SMILES string of the molecule is CCc1cccc(C(O)C(=O)O)c1O. The molecule has 0 heterocycles. The first kappa shape index (κ1) is 10.5. The molecule has 0 aliphatic rings. The molecule has 1 unspecified atom stereocenters. The number of hydrogen-bond donors (Lipinski definition) is 3. The van der Waals surface area contributed by atoms with Crippen LogP contribution in [0.5, 0.6) is 5.75 Å². The molecule has 0 amide bonds. The summed E-state index contributed by atoms with van der Waals surface area (Å²) in [4.78, 5) is 10.5. The summed E-state index contributed by atoms with van der Waals surface area (Å²) >= 11 is 0. The van der Waals surface area contributed by atoms with Crippen LogP contribution >= 0.6 is 0 Å². The fraction of sp³-hybridized carbons (Fsp3) is 0.300. The molecule has 0 saturated carbocycles. The molecule has 0 spiro atoms. The van der Waals surface area contributed by atoms with E-state index in [1.54, 1.807) is 12.1 Å². The van der Waals surface area contributed by atoms with Crippen LogP contribution in [0, 0.1) is 0 Å². The molecule has 0 saturated heterocycles. The highest BCUT2D eigenvalue weighted by Crippen LogP contribution is 2.28. The fourth-order valence-corrected chi connectivity index (χ4v) is 1.25. The number of phenols is 1. The lowest BCUT2D eigenvalue weighted by atomic mass is 10.0. The quantitative estimate of drug-likeness (QED) is 0.675. The average Bonchev–Trinajstić information content (AvgIpc) is 2.17. The van der Waals surface area contributed by atoms with Gasteiger partial charge < -0.3 is 15.3 Å². The average molecular weight is 196 g/mol. The number of aliphatic hydroxyl groups excluding tert-OH is 1. The summed E-state index contributed by atoms with van der Waals surface area (Å²) in [5.74, 6) is -1.50. The van der Waals surface area contributed by atoms with Gasteiger partial charge in [-0.05, 0) is 12.0 Å². The summed E-state index contributed by atoms with van der Waals surface area (Å²) in [5.41, 5.74) is 0.666. The van der Waals surface area contributed by atoms with Crippen LogP contribution in [-0.2, 0) is 11.2 Å². The number of aliphatic carboxylic acids is 1. The van der Waals surface area contributed by atoms with E-state index in [0.717, 1.165) is 0 Å². The Balaban J connectivity index is 3.15. The monoisotopic (exact) mass is 196 g/mol. The Labute approximate surface area is 81.4 Å². The van der Waals surface area contributed by atoms with Gasteiger partial charge in [-0.3, -0.25) is 0 Å². The van der Waals surface area contributed by atoms with Crippen LogP contribution in [0.1, 0.15) is 24.2 Å². The lowest BCUT2D eigenvalue weighted by Gasteiger charge is -2.10. The van der Waals surface area contributed by atoms with E-state index in [1.165, 1.54) is 6.07 Å². The number of phenolic OH excluding ortho intramolecular Hbond substituents is 1. The zero-order valence-electron chi connectivity index (χ0n) is 7.77. The Morgan fingerprint density at radius 3 is 2.64 bits per heavy atom. The van der Waals surface area contributed by atoms with Crippen molar-refractivity contribution in [1.82, 2.24) is 0 Å².